The summed E-state index contributed by atoms with van der Waals surface area (Å²) in [6, 6.07) is 3.75. The van der Waals surface area contributed by atoms with E-state index in [0.717, 1.165) is 17.8 Å². The second-order valence-electron chi connectivity index (χ2n) is 4.20. The molecule has 2 aromatic heterocycles. The van der Waals surface area contributed by atoms with Gasteiger partial charge in [-0.3, -0.25) is 9.78 Å². The molecule has 1 amide bonds. The summed E-state index contributed by atoms with van der Waals surface area (Å²) >= 11 is 1.63. The standard InChI is InChI=1S/C14H17N3OS/c1-3-16-13-8-15-6-4-12(13)14(18)17-10(2)11-5-7-19-9-11/h4-10,16H,3H2,1-2H3,(H,17,18). The third kappa shape index (κ3) is 3.32. The van der Waals surface area contributed by atoms with E-state index < -0.39 is 0 Å². The quantitative estimate of drug-likeness (QED) is 0.881. The molecule has 0 aromatic carbocycles. The van der Waals surface area contributed by atoms with Gasteiger partial charge < -0.3 is 10.6 Å². The number of nitrogens with zero attached hydrogens (tertiary/aromatic N) is 1. The average molecular weight is 275 g/mol. The fraction of sp³-hybridized carbons (Fsp3) is 0.286. The van der Waals surface area contributed by atoms with Gasteiger partial charge in [-0.25, -0.2) is 0 Å². The second kappa shape index (κ2) is 6.33. The normalized spacial score (nSPS) is 11.9. The molecule has 0 aliphatic rings. The first-order chi connectivity index (χ1) is 9.22. The number of thiophene rings is 1. The molecule has 0 aliphatic heterocycles. The smallest absolute Gasteiger partial charge is 0.253 e. The number of carbonyl (C=O) groups is 1. The molecule has 0 fully saturated rings. The maximum Gasteiger partial charge on any atom is 0.253 e. The molecule has 1 atom stereocenters. The zero-order valence-electron chi connectivity index (χ0n) is 11.0. The molecule has 0 saturated heterocycles. The number of aromatic nitrogens is 1. The fourth-order valence-corrected chi connectivity index (χ4v) is 2.56. The number of anilines is 1. The minimum atomic E-state index is -0.0861. The molecule has 2 N–H and O–H groups in total. The van der Waals surface area contributed by atoms with Crippen LogP contribution >= 0.6 is 11.3 Å². The van der Waals surface area contributed by atoms with E-state index in [0.29, 0.717) is 5.56 Å². The third-order valence-corrected chi connectivity index (χ3v) is 3.53. The van der Waals surface area contributed by atoms with Crippen molar-refractivity contribution in [3.05, 3.63) is 46.4 Å². The van der Waals surface area contributed by atoms with Crippen molar-refractivity contribution >= 4 is 22.9 Å². The Morgan fingerprint density at radius 1 is 1.47 bits per heavy atom. The van der Waals surface area contributed by atoms with E-state index in [4.69, 9.17) is 0 Å². The van der Waals surface area contributed by atoms with E-state index in [2.05, 4.69) is 15.6 Å². The summed E-state index contributed by atoms with van der Waals surface area (Å²) in [6.45, 7) is 4.72. The lowest BCUT2D eigenvalue weighted by Crippen LogP contribution is -2.27. The van der Waals surface area contributed by atoms with E-state index >= 15 is 0 Å². The van der Waals surface area contributed by atoms with Gasteiger partial charge in [0.1, 0.15) is 0 Å². The summed E-state index contributed by atoms with van der Waals surface area (Å²) in [6.07, 6.45) is 3.30. The van der Waals surface area contributed by atoms with E-state index in [1.165, 1.54) is 0 Å². The highest BCUT2D eigenvalue weighted by molar-refractivity contribution is 7.07. The van der Waals surface area contributed by atoms with Crippen molar-refractivity contribution in [2.45, 2.75) is 19.9 Å². The van der Waals surface area contributed by atoms with Gasteiger partial charge in [-0.1, -0.05) is 0 Å². The first-order valence-electron chi connectivity index (χ1n) is 6.23. The number of nitrogens with one attached hydrogen (secondary N) is 2. The molecule has 0 aliphatic carbocycles. The van der Waals surface area contributed by atoms with Gasteiger partial charge in [0.05, 0.1) is 23.5 Å². The maximum absolute atomic E-state index is 12.3. The van der Waals surface area contributed by atoms with Crippen LogP contribution in [0.15, 0.2) is 35.3 Å². The Kier molecular flexibility index (Phi) is 4.52. The summed E-state index contributed by atoms with van der Waals surface area (Å²) in [5.41, 5.74) is 2.51. The predicted molar refractivity (Wildman–Crippen MR) is 78.6 cm³/mol. The summed E-state index contributed by atoms with van der Waals surface area (Å²) in [7, 11) is 0. The Hall–Kier alpha value is -1.88. The van der Waals surface area contributed by atoms with Crippen LogP contribution in [0.1, 0.15) is 35.8 Å². The molecule has 1 unspecified atom stereocenters. The zero-order chi connectivity index (χ0) is 13.7. The average Bonchev–Trinajstić information content (AvgIpc) is 2.93. The van der Waals surface area contributed by atoms with Gasteiger partial charge in [0, 0.05) is 12.7 Å². The molecular formula is C14H17N3OS. The van der Waals surface area contributed by atoms with Crippen LogP contribution in [-0.2, 0) is 0 Å². The van der Waals surface area contributed by atoms with Gasteiger partial charge in [-0.2, -0.15) is 11.3 Å². The van der Waals surface area contributed by atoms with Crippen LogP contribution in [0.4, 0.5) is 5.69 Å². The highest BCUT2D eigenvalue weighted by Crippen LogP contribution is 2.18. The van der Waals surface area contributed by atoms with Crippen molar-refractivity contribution in [2.75, 3.05) is 11.9 Å². The lowest BCUT2D eigenvalue weighted by molar-refractivity contribution is 0.0940. The van der Waals surface area contributed by atoms with Crippen molar-refractivity contribution < 1.29 is 4.79 Å². The van der Waals surface area contributed by atoms with Gasteiger partial charge >= 0.3 is 0 Å². The van der Waals surface area contributed by atoms with Crippen molar-refractivity contribution in [2.24, 2.45) is 0 Å². The van der Waals surface area contributed by atoms with Crippen molar-refractivity contribution in [1.29, 1.82) is 0 Å². The number of hydrogen-bond donors (Lipinski definition) is 2. The van der Waals surface area contributed by atoms with Crippen LogP contribution < -0.4 is 10.6 Å². The SMILES string of the molecule is CCNc1cnccc1C(=O)NC(C)c1ccsc1. The molecule has 19 heavy (non-hydrogen) atoms. The first-order valence-corrected chi connectivity index (χ1v) is 7.17. The first kappa shape index (κ1) is 13.5. The van der Waals surface area contributed by atoms with Crippen LogP contribution in [0.25, 0.3) is 0 Å². The van der Waals surface area contributed by atoms with Crippen molar-refractivity contribution in [3.63, 3.8) is 0 Å². The molecule has 0 spiro atoms. The Balaban J connectivity index is 2.11. The van der Waals surface area contributed by atoms with E-state index in [9.17, 15) is 4.79 Å². The summed E-state index contributed by atoms with van der Waals surface area (Å²) < 4.78 is 0. The predicted octanol–water partition coefficient (Wildman–Crippen LogP) is 3.07. The van der Waals surface area contributed by atoms with Gasteiger partial charge in [0.15, 0.2) is 0 Å². The van der Waals surface area contributed by atoms with Crippen LogP contribution in [0.2, 0.25) is 0 Å². The number of pyridine rings is 1. The number of hydrogen-bond acceptors (Lipinski definition) is 4. The molecule has 0 radical (unpaired) electrons. The van der Waals surface area contributed by atoms with E-state index in [1.807, 2.05) is 30.7 Å². The summed E-state index contributed by atoms with van der Waals surface area (Å²) in [4.78, 5) is 16.3. The molecule has 2 aromatic rings. The molecule has 0 saturated carbocycles. The van der Waals surface area contributed by atoms with Gasteiger partial charge in [-0.05, 0) is 42.3 Å². The molecule has 5 heteroatoms. The summed E-state index contributed by atoms with van der Waals surface area (Å²) in [5, 5.41) is 10.2. The van der Waals surface area contributed by atoms with Gasteiger partial charge in [0.2, 0.25) is 0 Å². The van der Waals surface area contributed by atoms with Gasteiger partial charge in [-0.15, -0.1) is 0 Å². The van der Waals surface area contributed by atoms with Crippen molar-refractivity contribution in [3.8, 4) is 0 Å². The van der Waals surface area contributed by atoms with Crippen molar-refractivity contribution in [1.82, 2.24) is 10.3 Å². The number of carbonyl (C=O) groups excluding carboxylic acids is 1. The Labute approximate surface area is 116 Å². The maximum atomic E-state index is 12.3. The molecule has 0 bridgehead atoms. The molecule has 100 valence electrons. The van der Waals surface area contributed by atoms with Crippen LogP contribution in [0.5, 0.6) is 0 Å². The summed E-state index contributed by atoms with van der Waals surface area (Å²) in [5.74, 6) is -0.0861. The monoisotopic (exact) mass is 275 g/mol. The topological polar surface area (TPSA) is 54.0 Å². The largest absolute Gasteiger partial charge is 0.383 e. The lowest BCUT2D eigenvalue weighted by atomic mass is 10.1. The fourth-order valence-electron chi connectivity index (χ4n) is 1.80. The molecule has 4 nitrogen and oxygen atoms in total. The Bertz CT molecular complexity index is 539. The van der Waals surface area contributed by atoms with Crippen LogP contribution in [-0.4, -0.2) is 17.4 Å². The second-order valence-corrected chi connectivity index (χ2v) is 4.98. The molecule has 2 rings (SSSR count). The van der Waals surface area contributed by atoms with Gasteiger partial charge in [0.25, 0.3) is 5.91 Å². The minimum absolute atomic E-state index is 0.00129. The number of rotatable bonds is 5. The van der Waals surface area contributed by atoms with E-state index in [1.54, 1.807) is 29.8 Å². The molecule has 2 heterocycles. The van der Waals surface area contributed by atoms with E-state index in [-0.39, 0.29) is 11.9 Å². The minimum Gasteiger partial charge on any atom is -0.383 e. The Morgan fingerprint density at radius 2 is 2.32 bits per heavy atom. The third-order valence-electron chi connectivity index (χ3n) is 2.82. The lowest BCUT2D eigenvalue weighted by Gasteiger charge is -2.15. The number of amides is 1. The highest BCUT2D eigenvalue weighted by atomic mass is 32.1. The molecular weight excluding hydrogens is 258 g/mol. The van der Waals surface area contributed by atoms with Crippen LogP contribution in [0, 0.1) is 0 Å². The zero-order valence-corrected chi connectivity index (χ0v) is 11.8. The highest BCUT2D eigenvalue weighted by Gasteiger charge is 2.14. The van der Waals surface area contributed by atoms with Crippen LogP contribution in [0.3, 0.4) is 0 Å². The Morgan fingerprint density at radius 3 is 3.00 bits per heavy atom.